The third kappa shape index (κ3) is 30.7. The highest BCUT2D eigenvalue weighted by molar-refractivity contribution is 5.98. The van der Waals surface area contributed by atoms with E-state index in [1.807, 2.05) is 0 Å². The first-order chi connectivity index (χ1) is 41.8. The van der Waals surface area contributed by atoms with Gasteiger partial charge in [-0.2, -0.15) is 0 Å². The Labute approximate surface area is 517 Å². The van der Waals surface area contributed by atoms with Crippen LogP contribution in [0.3, 0.4) is 0 Å². The fourth-order valence-electron chi connectivity index (χ4n) is 7.71. The minimum absolute atomic E-state index is 0. The van der Waals surface area contributed by atoms with Crippen molar-refractivity contribution in [2.45, 2.75) is 122 Å². The molecule has 0 aliphatic rings. The predicted octanol–water partition coefficient (Wildman–Crippen LogP) is -1.53. The molecular weight excluding hydrogens is 1190 g/mol. The van der Waals surface area contributed by atoms with Gasteiger partial charge in [-0.1, -0.05) is 130 Å². The normalized spacial score (nSPS) is 13.2. The quantitative estimate of drug-likeness (QED) is 0.00592. The molecule has 0 aromatic heterocycles. The zero-order chi connectivity index (χ0) is 65.1. The van der Waals surface area contributed by atoms with Gasteiger partial charge in [0.05, 0.1) is 32.0 Å². The molecule has 89 heavy (non-hydrogen) atoms. The predicted molar refractivity (Wildman–Crippen MR) is 320 cm³/mol. The SMILES string of the molecule is CC(C)[C@H](NC(=O)[C@H](CC(=O)OCc1ccccc1)NC(=O)CNC(=O)[C@@H](N)CCCN=C(N)N[N+](=O)[O-])C(=O)N[C@@H](CCCN=C(N)N[N+](=O)[O-])C(=O)NCC(=O)N[C@@H](CC(=O)OCc1ccccc1)C(=O)N[C@H](C(=O)OCc1ccccc1)C(C)C.Cl. The number of nitro groups is 2. The van der Waals surface area contributed by atoms with Crippen LogP contribution in [0.1, 0.15) is 82.9 Å². The molecule has 0 aliphatic heterocycles. The fraction of sp³-hybridized carbons (Fsp3) is 0.455. The molecule has 15 N–H and O–H groups in total. The third-order valence-corrected chi connectivity index (χ3v) is 12.3. The lowest BCUT2D eigenvalue weighted by molar-refractivity contribution is -0.525. The lowest BCUT2D eigenvalue weighted by atomic mass is 10.0. The first-order valence-electron chi connectivity index (χ1n) is 27.6. The largest absolute Gasteiger partial charge is 0.461 e. The minimum Gasteiger partial charge on any atom is -0.461 e. The summed E-state index contributed by atoms with van der Waals surface area (Å²) in [6, 6.07) is 16.8. The number of benzene rings is 3. The van der Waals surface area contributed by atoms with E-state index in [0.717, 1.165) is 0 Å². The van der Waals surface area contributed by atoms with Crippen LogP contribution in [-0.4, -0.2) is 144 Å². The molecule has 0 bridgehead atoms. The van der Waals surface area contributed by atoms with Crippen LogP contribution >= 0.6 is 12.4 Å². The molecule has 0 spiro atoms. The third-order valence-electron chi connectivity index (χ3n) is 12.3. The Morgan fingerprint density at radius 3 is 1.28 bits per heavy atom. The van der Waals surface area contributed by atoms with Gasteiger partial charge < -0.3 is 68.6 Å². The van der Waals surface area contributed by atoms with Gasteiger partial charge >= 0.3 is 17.9 Å². The highest BCUT2D eigenvalue weighted by Gasteiger charge is 2.35. The number of hydrogen-bond acceptors (Lipinski definition) is 20. The molecule has 3 rings (SSSR count). The van der Waals surface area contributed by atoms with Crippen molar-refractivity contribution < 1.29 is 72.2 Å². The van der Waals surface area contributed by atoms with Crippen molar-refractivity contribution in [3.63, 3.8) is 0 Å². The summed E-state index contributed by atoms with van der Waals surface area (Å²) in [7, 11) is 0. The lowest BCUT2D eigenvalue weighted by Crippen LogP contribution is -2.59. The fourth-order valence-corrected chi connectivity index (χ4v) is 7.71. The van der Waals surface area contributed by atoms with E-state index in [4.69, 9.17) is 31.4 Å². The van der Waals surface area contributed by atoms with E-state index in [9.17, 15) is 68.2 Å². The van der Waals surface area contributed by atoms with E-state index >= 15 is 0 Å². The molecule has 3 aromatic rings. The van der Waals surface area contributed by atoms with Crippen molar-refractivity contribution in [3.05, 3.63) is 128 Å². The number of amides is 7. The van der Waals surface area contributed by atoms with Crippen molar-refractivity contribution >= 4 is 83.6 Å². The van der Waals surface area contributed by atoms with Gasteiger partial charge in [0.15, 0.2) is 10.1 Å². The number of nitrogens with two attached hydrogens (primary N) is 3. The average Bonchev–Trinajstić information content (AvgIpc) is 3.61. The van der Waals surface area contributed by atoms with Crippen molar-refractivity contribution in [2.24, 2.45) is 39.0 Å². The first-order valence-corrected chi connectivity index (χ1v) is 27.6. The molecule has 0 aliphatic carbocycles. The molecule has 6 atom stereocenters. The van der Waals surface area contributed by atoms with Gasteiger partial charge in [0.1, 0.15) is 50.0 Å². The Morgan fingerprint density at radius 2 is 0.876 bits per heavy atom. The van der Waals surface area contributed by atoms with Gasteiger partial charge in [0, 0.05) is 13.1 Å². The van der Waals surface area contributed by atoms with Crippen molar-refractivity contribution in [1.29, 1.82) is 0 Å². The highest BCUT2D eigenvalue weighted by atomic mass is 35.5. The molecule has 3 aromatic carbocycles. The van der Waals surface area contributed by atoms with Crippen molar-refractivity contribution in [3.8, 4) is 0 Å². The number of rotatable bonds is 37. The Balaban J connectivity index is 0.0000270. The second-order valence-corrected chi connectivity index (χ2v) is 20.2. The molecule has 0 heterocycles. The van der Waals surface area contributed by atoms with Crippen LogP contribution in [0.4, 0.5) is 0 Å². The topological polar surface area (TPSA) is 496 Å². The highest BCUT2D eigenvalue weighted by Crippen LogP contribution is 2.12. The van der Waals surface area contributed by atoms with E-state index in [2.05, 4.69) is 47.2 Å². The van der Waals surface area contributed by atoms with Crippen LogP contribution in [0.15, 0.2) is 101 Å². The minimum atomic E-state index is -1.75. The van der Waals surface area contributed by atoms with Crippen molar-refractivity contribution in [2.75, 3.05) is 26.2 Å². The number of guanidine groups is 2. The molecule has 0 radical (unpaired) electrons. The van der Waals surface area contributed by atoms with Crippen LogP contribution in [0.25, 0.3) is 0 Å². The summed E-state index contributed by atoms with van der Waals surface area (Å²) in [5.41, 5.74) is 22.0. The Morgan fingerprint density at radius 1 is 0.494 bits per heavy atom. The van der Waals surface area contributed by atoms with Crippen LogP contribution in [0, 0.1) is 32.1 Å². The molecule has 33 nitrogen and oxygen atoms in total. The molecule has 0 saturated carbocycles. The number of nitrogens with one attached hydrogen (secondary N) is 9. The number of carbonyl (C=O) groups excluding carboxylic acids is 10. The molecular formula is C55H77ClN16O17. The zero-order valence-corrected chi connectivity index (χ0v) is 50.2. The number of hydrazine groups is 2. The first kappa shape index (κ1) is 75.0. The van der Waals surface area contributed by atoms with Gasteiger partial charge in [0.25, 0.3) is 11.9 Å². The van der Waals surface area contributed by atoms with Gasteiger partial charge in [0.2, 0.25) is 41.4 Å². The maximum atomic E-state index is 14.2. The molecule has 0 saturated heterocycles. The molecule has 34 heteroatoms. The smallest absolute Gasteiger partial charge is 0.329 e. The summed E-state index contributed by atoms with van der Waals surface area (Å²) < 4.78 is 16.2. The van der Waals surface area contributed by atoms with E-state index in [1.54, 1.807) is 116 Å². The van der Waals surface area contributed by atoms with Gasteiger partial charge in [-0.25, -0.2) is 35.0 Å². The second kappa shape index (κ2) is 40.4. The number of ether oxygens (including phenoxy) is 3. The molecule has 486 valence electrons. The van der Waals surface area contributed by atoms with Crippen LogP contribution in [-0.2, 0) is 82.0 Å². The van der Waals surface area contributed by atoms with Crippen molar-refractivity contribution in [1.82, 2.24) is 48.1 Å². The van der Waals surface area contributed by atoms with Crippen LogP contribution in [0.5, 0.6) is 0 Å². The van der Waals surface area contributed by atoms with Crippen LogP contribution in [0.2, 0.25) is 0 Å². The summed E-state index contributed by atoms with van der Waals surface area (Å²) in [4.78, 5) is 165. The van der Waals surface area contributed by atoms with Gasteiger partial charge in [-0.3, -0.25) is 43.2 Å². The summed E-state index contributed by atoms with van der Waals surface area (Å²) in [5.74, 6) is -12.0. The average molecular weight is 1270 g/mol. The van der Waals surface area contributed by atoms with Crippen LogP contribution < -0.4 is 65.3 Å². The molecule has 0 unspecified atom stereocenters. The van der Waals surface area contributed by atoms with Gasteiger partial charge in [-0.05, 0) is 54.2 Å². The monoisotopic (exact) mass is 1270 g/mol. The number of nitrogens with zero attached hydrogens (tertiary/aromatic N) is 4. The standard InChI is InChI=1S/C55H76N16O17.ClH/c1-33(2)46(66-50(78)40(26-44(74)86-30-35-16-8-5-9-17-35)63-42(72)28-61-48(76)38(56)22-14-24-59-54(57)68-70(82)83)52(80)65-39(23-15-25-60-55(58)69-71(84)85)49(77)62-29-43(73)64-41(27-45(75)87-31-36-18-10-6-11-19-36)51(79)67-47(34(3)4)53(81)88-32-37-20-12-7-13-21-37;/h5-13,16-21,33-34,38-41,46-47H,14-15,22-32,56H2,1-4H3,(H,61,76)(H,62,77)(H,63,72)(H,64,73)(H,65,80)(H,66,78)(H,67,79)(H3,57,59,68)(H3,58,60,69);1H/t38-,39-,40-,41-,46-,47-;/m0./s1. The zero-order valence-electron chi connectivity index (χ0n) is 49.3. The number of aliphatic imine (C=N–C) groups is 2. The maximum Gasteiger partial charge on any atom is 0.329 e. The summed E-state index contributed by atoms with van der Waals surface area (Å²) in [6.07, 6.45) is -1.74. The lowest BCUT2D eigenvalue weighted by Gasteiger charge is -2.27. The van der Waals surface area contributed by atoms with E-state index in [-0.39, 0.29) is 71.0 Å². The Kier molecular flexibility index (Phi) is 34.0. The van der Waals surface area contributed by atoms with Gasteiger partial charge in [-0.15, -0.1) is 12.4 Å². The number of hydrogen-bond donors (Lipinski definition) is 12. The number of esters is 3. The Hall–Kier alpha value is -10.1. The maximum absolute atomic E-state index is 14.2. The van der Waals surface area contributed by atoms with E-state index < -0.39 is 155 Å². The molecule has 7 amide bonds. The van der Waals surface area contributed by atoms with E-state index in [1.165, 1.54) is 13.8 Å². The summed E-state index contributed by atoms with van der Waals surface area (Å²) in [6.45, 7) is 3.83. The van der Waals surface area contributed by atoms with E-state index in [0.29, 0.717) is 16.7 Å². The number of halogens is 1. The Bertz CT molecular complexity index is 2910. The second-order valence-electron chi connectivity index (χ2n) is 20.2. The summed E-state index contributed by atoms with van der Waals surface area (Å²) in [5, 5.41) is 36.5. The summed E-state index contributed by atoms with van der Waals surface area (Å²) >= 11 is 0. The number of carbonyl (C=O) groups is 10. The molecule has 0 fully saturated rings.